The third kappa shape index (κ3) is 17.4. The topological polar surface area (TPSA) is 157 Å². The van der Waals surface area contributed by atoms with E-state index in [-0.39, 0.29) is 77.7 Å². The van der Waals surface area contributed by atoms with Crippen LogP contribution in [0.2, 0.25) is 0 Å². The normalized spacial score (nSPS) is 10.1. The zero-order valence-corrected chi connectivity index (χ0v) is 18.0. The minimum atomic E-state index is -4.92. The molecule has 118 valence electrons. The van der Waals surface area contributed by atoms with Crippen LogP contribution in [0, 0.1) is 0 Å². The van der Waals surface area contributed by atoms with Crippen LogP contribution in [0.3, 0.4) is 0 Å². The molecule has 0 aliphatic heterocycles. The van der Waals surface area contributed by atoms with E-state index in [9.17, 15) is 27.8 Å². The van der Waals surface area contributed by atoms with Gasteiger partial charge < -0.3 is 20.4 Å². The summed E-state index contributed by atoms with van der Waals surface area (Å²) in [5, 5.41) is 14.7. The molecule has 0 heterocycles. The van der Waals surface area contributed by atoms with Gasteiger partial charge in [-0.15, -0.1) is 0 Å². The molecule has 0 aromatic carbocycles. The number of rotatable bonds is 9. The van der Waals surface area contributed by atoms with Crippen LogP contribution in [-0.4, -0.2) is 36.5 Å². The molecule has 0 aromatic heterocycles. The van der Waals surface area contributed by atoms with E-state index in [0.717, 1.165) is 6.42 Å². The zero-order valence-electron chi connectivity index (χ0n) is 12.3. The van der Waals surface area contributed by atoms with Crippen molar-refractivity contribution in [3.05, 3.63) is 0 Å². The van der Waals surface area contributed by atoms with E-state index in [4.69, 9.17) is 0 Å². The zero-order chi connectivity index (χ0) is 15.4. The molecule has 0 spiro atoms. The molecule has 0 aliphatic rings. The first-order chi connectivity index (χ1) is 9.38. The maximum atomic E-state index is 10.9. The summed E-state index contributed by atoms with van der Waals surface area (Å²) in [6.07, 6.45) is 2.57. The summed E-state index contributed by atoms with van der Waals surface area (Å²) in [4.78, 5) is 21.5. The van der Waals surface area contributed by atoms with Crippen LogP contribution in [-0.2, 0) is 19.5 Å². The number of hydrogen-bond acceptors (Lipinski definition) is 9. The van der Waals surface area contributed by atoms with Crippen molar-refractivity contribution in [3.8, 4) is 0 Å². The van der Waals surface area contributed by atoms with Crippen LogP contribution in [0.1, 0.15) is 25.7 Å². The van der Waals surface area contributed by atoms with Gasteiger partial charge in [0.25, 0.3) is 0 Å². The molecule has 0 rings (SSSR count). The van der Waals surface area contributed by atoms with E-state index in [1.54, 1.807) is 0 Å². The van der Waals surface area contributed by atoms with Crippen LogP contribution >= 0.6 is 12.0 Å². The van der Waals surface area contributed by atoms with Gasteiger partial charge in [0.05, 0.1) is 0 Å². The summed E-state index contributed by atoms with van der Waals surface area (Å²) < 4.78 is 34.5. The van der Waals surface area contributed by atoms with Crippen molar-refractivity contribution >= 4 is 32.6 Å². The number of nitrogens with one attached hydrogen (secondary N) is 2. The fourth-order valence-electron chi connectivity index (χ4n) is 1.15. The average molecular weight is 376 g/mol. The summed E-state index contributed by atoms with van der Waals surface area (Å²) in [7, 11) is -4.92. The average Bonchev–Trinajstić information content (AvgIpc) is 2.37. The van der Waals surface area contributed by atoms with E-state index in [1.807, 2.05) is 5.32 Å². The number of hydrogen-bond donors (Lipinski definition) is 2. The molecule has 0 fully saturated rings. The summed E-state index contributed by atoms with van der Waals surface area (Å²) in [6, 6.07) is 0. The van der Waals surface area contributed by atoms with Gasteiger partial charge in [-0.3, -0.25) is 14.6 Å². The van der Waals surface area contributed by atoms with E-state index < -0.39 is 20.6 Å². The SMILES string of the molecule is O=C(NCCCCCCNC(=O)S(=O)(=O)[O-])SOO[O-].[Na+].[Na+]. The van der Waals surface area contributed by atoms with Crippen molar-refractivity contribution in [2.24, 2.45) is 0 Å². The summed E-state index contributed by atoms with van der Waals surface area (Å²) in [5.74, 6) is 0. The molecular formula is C8H14N2Na2O8S2. The molecule has 0 saturated heterocycles. The van der Waals surface area contributed by atoms with Crippen LogP contribution in [0.25, 0.3) is 0 Å². The van der Waals surface area contributed by atoms with Gasteiger partial charge >= 0.3 is 69.6 Å². The fraction of sp³-hybridized carbons (Fsp3) is 0.750. The predicted octanol–water partition coefficient (Wildman–Crippen LogP) is -6.61. The number of carbonyl (C=O) groups is 2. The second-order valence-electron chi connectivity index (χ2n) is 3.52. The molecule has 0 bridgehead atoms. The van der Waals surface area contributed by atoms with E-state index >= 15 is 0 Å². The van der Waals surface area contributed by atoms with Crippen LogP contribution < -0.4 is 75.0 Å². The van der Waals surface area contributed by atoms with Gasteiger partial charge in [0, 0.05) is 13.1 Å². The molecule has 0 aliphatic carbocycles. The van der Waals surface area contributed by atoms with Gasteiger partial charge in [-0.1, -0.05) is 12.8 Å². The van der Waals surface area contributed by atoms with Crippen molar-refractivity contribution in [3.63, 3.8) is 0 Å². The van der Waals surface area contributed by atoms with E-state index in [1.165, 1.54) is 0 Å². The van der Waals surface area contributed by atoms with Crippen molar-refractivity contribution in [1.82, 2.24) is 10.6 Å². The van der Waals surface area contributed by atoms with Crippen molar-refractivity contribution in [2.45, 2.75) is 25.7 Å². The smallest absolute Gasteiger partial charge is 0.740 e. The van der Waals surface area contributed by atoms with Gasteiger partial charge in [-0.2, -0.15) is 4.33 Å². The van der Waals surface area contributed by atoms with Crippen molar-refractivity contribution < 1.29 is 96.3 Å². The largest absolute Gasteiger partial charge is 1.00 e. The monoisotopic (exact) mass is 376 g/mol. The quantitative estimate of drug-likeness (QED) is 0.0997. The Labute approximate surface area is 176 Å². The van der Waals surface area contributed by atoms with E-state index in [2.05, 4.69) is 14.7 Å². The molecule has 10 nitrogen and oxygen atoms in total. The number of amides is 2. The minimum Gasteiger partial charge on any atom is -0.740 e. The maximum absolute atomic E-state index is 10.9. The Hall–Kier alpha value is 1.08. The van der Waals surface area contributed by atoms with Gasteiger partial charge in [-0.25, -0.2) is 8.42 Å². The van der Waals surface area contributed by atoms with Gasteiger partial charge in [-0.05, 0) is 12.8 Å². The van der Waals surface area contributed by atoms with Crippen molar-refractivity contribution in [1.29, 1.82) is 0 Å². The standard InChI is InChI=1S/C8H16N2O8S2.2Na/c11-7(19-18-17-13)9-5-3-1-2-4-6-10-8(12)20(14,15)16;;/h13H,1-6H2,(H,9,11)(H,10,12)(H,14,15,16);;/q;2*+1/p-2. The fourth-order valence-corrected chi connectivity index (χ4v) is 1.68. The molecule has 2 amide bonds. The van der Waals surface area contributed by atoms with Crippen LogP contribution in [0.4, 0.5) is 9.59 Å². The molecule has 0 radical (unpaired) electrons. The second-order valence-corrected chi connectivity index (χ2v) is 5.47. The molecule has 2 N–H and O–H groups in total. The second kappa shape index (κ2) is 16.9. The number of carbonyl (C=O) groups excluding carboxylic acids is 2. The van der Waals surface area contributed by atoms with E-state index in [0.29, 0.717) is 25.8 Å². The minimum absolute atomic E-state index is 0. The first-order valence-electron chi connectivity index (χ1n) is 5.52. The molecule has 14 heteroatoms. The first-order valence-corrected chi connectivity index (χ1v) is 7.67. The van der Waals surface area contributed by atoms with Gasteiger partial charge in [0.2, 0.25) is 0 Å². The molecule has 0 aromatic rings. The Kier molecular flexibility index (Phi) is 21.5. The molecule has 0 unspecified atom stereocenters. The molecular weight excluding hydrogens is 362 g/mol. The van der Waals surface area contributed by atoms with Gasteiger partial charge in [0.15, 0.2) is 10.1 Å². The predicted molar refractivity (Wildman–Crippen MR) is 64.7 cm³/mol. The Morgan fingerprint density at radius 3 is 1.95 bits per heavy atom. The summed E-state index contributed by atoms with van der Waals surface area (Å²) >= 11 is 0.235. The first kappa shape index (κ1) is 27.9. The Morgan fingerprint density at radius 2 is 1.50 bits per heavy atom. The summed E-state index contributed by atoms with van der Waals surface area (Å²) in [5.41, 5.74) is 0. The molecule has 0 atom stereocenters. The third-order valence-electron chi connectivity index (χ3n) is 2.01. The van der Waals surface area contributed by atoms with Crippen LogP contribution in [0.15, 0.2) is 0 Å². The number of unbranched alkanes of at least 4 members (excludes halogenated alkanes) is 3. The van der Waals surface area contributed by atoms with Crippen LogP contribution in [0.5, 0.6) is 0 Å². The van der Waals surface area contributed by atoms with Crippen molar-refractivity contribution in [2.75, 3.05) is 13.1 Å². The molecule has 22 heavy (non-hydrogen) atoms. The summed E-state index contributed by atoms with van der Waals surface area (Å²) in [6.45, 7) is 0.465. The molecule has 0 saturated carbocycles. The Balaban J connectivity index is -0.00000180. The maximum Gasteiger partial charge on any atom is 1.00 e. The van der Waals surface area contributed by atoms with Gasteiger partial charge in [0.1, 0.15) is 12.0 Å². The Bertz CT molecular complexity index is 409. The third-order valence-corrected chi connectivity index (χ3v) is 3.02. The Morgan fingerprint density at radius 1 is 1.00 bits per heavy atom.